The standard InChI is InChI=1S/C12H12B6F6N2O2/c1-7(2,3)25-4-8(14,15)26(9(16,17)5(25)13)6(27)28-10(18,11(19,20)21)12(22,23)24/h5H,4H2,1-3H3. The van der Waals surface area contributed by atoms with Crippen molar-refractivity contribution >= 4 is 53.2 Å². The van der Waals surface area contributed by atoms with Gasteiger partial charge in [0.05, 0.1) is 39.2 Å². The van der Waals surface area contributed by atoms with Crippen LogP contribution in [0.2, 0.25) is 0 Å². The van der Waals surface area contributed by atoms with Crippen LogP contribution in [0, 0.1) is 0 Å². The molecule has 4 nitrogen and oxygen atoms in total. The summed E-state index contributed by atoms with van der Waals surface area (Å²) in [6.07, 6.45) is -14.8. The van der Waals surface area contributed by atoms with E-state index in [9.17, 15) is 31.1 Å². The van der Waals surface area contributed by atoms with Crippen LogP contribution in [0.4, 0.5) is 31.1 Å². The second-order valence-electron chi connectivity index (χ2n) is 7.56. The highest BCUT2D eigenvalue weighted by atomic mass is 19.4. The summed E-state index contributed by atoms with van der Waals surface area (Å²) in [5.74, 6) is -1.50. The SMILES string of the molecule is [B]C1N(C(C)(C)C)CC([B])([B])N(C(=O)OC([B])(C(F)(F)F)C(F)(F)F)C1([B])[B]. The number of piperazine rings is 1. The molecule has 1 saturated heterocycles. The third kappa shape index (κ3) is 4.21. The number of hydrogen-bond acceptors (Lipinski definition) is 3. The fraction of sp³-hybridized carbons (Fsp3) is 0.917. The van der Waals surface area contributed by atoms with Crippen molar-refractivity contribution < 1.29 is 35.9 Å². The molecule has 1 amide bonds. The average Bonchev–Trinajstić information content (AvgIpc) is 2.38. The smallest absolute Gasteiger partial charge is 0.427 e. The van der Waals surface area contributed by atoms with Gasteiger partial charge in [0.2, 0.25) is 0 Å². The Bertz CT molecular complexity index is 607. The molecule has 1 aliphatic rings. The molecule has 12 radical (unpaired) electrons. The summed E-state index contributed by atoms with van der Waals surface area (Å²) < 4.78 is 81.0. The fourth-order valence-electron chi connectivity index (χ4n) is 2.63. The quantitative estimate of drug-likeness (QED) is 0.463. The fourth-order valence-corrected chi connectivity index (χ4v) is 2.63. The second-order valence-corrected chi connectivity index (χ2v) is 7.56. The van der Waals surface area contributed by atoms with Crippen molar-refractivity contribution in [3.05, 3.63) is 0 Å². The highest BCUT2D eigenvalue weighted by Gasteiger charge is 2.71. The molecule has 0 bridgehead atoms. The molecular weight excluding hydrogens is 383 g/mol. The van der Waals surface area contributed by atoms with E-state index < -0.39 is 52.6 Å². The maximum absolute atomic E-state index is 12.9. The molecule has 0 N–H and O–H groups in total. The van der Waals surface area contributed by atoms with Crippen LogP contribution in [-0.2, 0) is 4.74 Å². The minimum atomic E-state index is -6.23. The Labute approximate surface area is 166 Å². The lowest BCUT2D eigenvalue weighted by Gasteiger charge is -2.64. The first-order chi connectivity index (χ1) is 12.0. The summed E-state index contributed by atoms with van der Waals surface area (Å²) in [6.45, 7) is 4.38. The van der Waals surface area contributed by atoms with Gasteiger partial charge in [-0.25, -0.2) is 4.79 Å². The Morgan fingerprint density at radius 2 is 1.39 bits per heavy atom. The van der Waals surface area contributed by atoms with Gasteiger partial charge < -0.3 is 14.5 Å². The van der Waals surface area contributed by atoms with Crippen molar-refractivity contribution in [3.63, 3.8) is 0 Å². The van der Waals surface area contributed by atoms with Crippen molar-refractivity contribution in [2.45, 2.75) is 60.8 Å². The molecule has 0 spiro atoms. The Hall–Kier alpha value is -0.800. The first-order valence-electron chi connectivity index (χ1n) is 7.63. The van der Waals surface area contributed by atoms with Crippen molar-refractivity contribution in [2.75, 3.05) is 6.54 Å². The van der Waals surface area contributed by atoms with Crippen LogP contribution in [0.15, 0.2) is 0 Å². The van der Waals surface area contributed by atoms with E-state index in [0.717, 1.165) is 0 Å². The van der Waals surface area contributed by atoms with Crippen LogP contribution in [-0.4, -0.2) is 110 Å². The van der Waals surface area contributed by atoms with E-state index in [-0.39, 0.29) is 4.90 Å². The number of alkyl halides is 6. The summed E-state index contributed by atoms with van der Waals surface area (Å²) in [5, 5.41) is -5.08. The lowest BCUT2D eigenvalue weighted by atomic mass is 9.44. The van der Waals surface area contributed by atoms with E-state index in [1.165, 1.54) is 4.90 Å². The third-order valence-corrected chi connectivity index (χ3v) is 4.17. The molecule has 0 aliphatic carbocycles. The van der Waals surface area contributed by atoms with E-state index in [0.29, 0.717) is 0 Å². The van der Waals surface area contributed by atoms with E-state index in [4.69, 9.17) is 39.2 Å². The van der Waals surface area contributed by atoms with E-state index >= 15 is 0 Å². The Morgan fingerprint density at radius 3 is 1.71 bits per heavy atom. The molecule has 1 heterocycles. The van der Waals surface area contributed by atoms with Crippen molar-refractivity contribution in [2.24, 2.45) is 0 Å². The number of nitrogens with zero attached hydrogens (tertiary/aromatic N) is 2. The van der Waals surface area contributed by atoms with Gasteiger partial charge in [0, 0.05) is 12.1 Å². The maximum Gasteiger partial charge on any atom is 0.427 e. The normalized spacial score (nSPS) is 24.0. The monoisotopic (exact) mass is 396 g/mol. The second kappa shape index (κ2) is 6.87. The van der Waals surface area contributed by atoms with Crippen molar-refractivity contribution in [1.29, 1.82) is 0 Å². The topological polar surface area (TPSA) is 32.8 Å². The molecule has 1 rings (SSSR count). The highest BCUT2D eigenvalue weighted by Crippen LogP contribution is 2.45. The number of halogens is 6. The Balaban J connectivity index is 3.40. The van der Waals surface area contributed by atoms with Crippen LogP contribution in [0.5, 0.6) is 0 Å². The molecule has 142 valence electrons. The van der Waals surface area contributed by atoms with E-state index in [1.807, 2.05) is 0 Å². The maximum atomic E-state index is 12.9. The van der Waals surface area contributed by atoms with Gasteiger partial charge in [0.15, 0.2) is 7.85 Å². The predicted molar refractivity (Wildman–Crippen MR) is 93.4 cm³/mol. The highest BCUT2D eigenvalue weighted by molar-refractivity contribution is 6.48. The van der Waals surface area contributed by atoms with Crippen molar-refractivity contribution in [3.8, 4) is 0 Å². The van der Waals surface area contributed by atoms with Crippen molar-refractivity contribution in [1.82, 2.24) is 9.80 Å². The van der Waals surface area contributed by atoms with Gasteiger partial charge in [0.1, 0.15) is 0 Å². The van der Waals surface area contributed by atoms with Gasteiger partial charge in [0.25, 0.3) is 5.50 Å². The molecule has 28 heavy (non-hydrogen) atoms. The van der Waals surface area contributed by atoms with Crippen LogP contribution < -0.4 is 0 Å². The molecular formula is C12H12B6F6N2O2. The molecule has 0 aromatic rings. The number of carbonyl (C=O) groups excluding carboxylic acids is 1. The largest absolute Gasteiger partial charge is 0.434 e. The number of amides is 1. The molecule has 1 atom stereocenters. The number of carbonyl (C=O) groups is 1. The van der Waals surface area contributed by atoms with Gasteiger partial charge >= 0.3 is 18.4 Å². The summed E-state index contributed by atoms with van der Waals surface area (Å²) in [4.78, 5) is 13.5. The molecule has 0 saturated carbocycles. The Morgan fingerprint density at radius 1 is 1.00 bits per heavy atom. The summed E-state index contributed by atoms with van der Waals surface area (Å²) in [7, 11) is 33.1. The van der Waals surface area contributed by atoms with Gasteiger partial charge in [-0.15, -0.1) is 0 Å². The minimum Gasteiger partial charge on any atom is -0.434 e. The van der Waals surface area contributed by atoms with E-state index in [1.54, 1.807) is 20.8 Å². The minimum absolute atomic E-state index is 0.0913. The van der Waals surface area contributed by atoms with Gasteiger partial charge in [-0.1, -0.05) is 0 Å². The van der Waals surface area contributed by atoms with Gasteiger partial charge in [-0.05, 0) is 37.4 Å². The average molecular weight is 395 g/mol. The summed E-state index contributed by atoms with van der Waals surface area (Å²) in [6, 6.07) is 0. The molecule has 1 fully saturated rings. The number of ether oxygens (including phenoxy) is 1. The summed E-state index contributed by atoms with van der Waals surface area (Å²) in [5.41, 5.74) is -6.16. The lowest BCUT2D eigenvalue weighted by molar-refractivity contribution is -0.331. The molecule has 0 aromatic carbocycles. The first-order valence-corrected chi connectivity index (χ1v) is 7.63. The zero-order chi connectivity index (χ0) is 22.7. The van der Waals surface area contributed by atoms with Crippen LogP contribution in [0.25, 0.3) is 0 Å². The van der Waals surface area contributed by atoms with Crippen LogP contribution >= 0.6 is 0 Å². The van der Waals surface area contributed by atoms with E-state index in [2.05, 4.69) is 12.6 Å². The predicted octanol–water partition coefficient (Wildman–Crippen LogP) is 0.00470. The third-order valence-electron chi connectivity index (χ3n) is 4.17. The molecule has 0 aromatic heterocycles. The van der Waals surface area contributed by atoms with Crippen LogP contribution in [0.3, 0.4) is 0 Å². The van der Waals surface area contributed by atoms with Gasteiger partial charge in [-0.3, -0.25) is 0 Å². The van der Waals surface area contributed by atoms with Gasteiger partial charge in [-0.2, -0.15) is 26.3 Å². The molecule has 1 aliphatic heterocycles. The number of rotatable bonds is 1. The zero-order valence-corrected chi connectivity index (χ0v) is 15.2. The zero-order valence-electron chi connectivity index (χ0n) is 15.2. The Kier molecular flexibility index (Phi) is 6.19. The summed E-state index contributed by atoms with van der Waals surface area (Å²) >= 11 is 0. The lowest BCUT2D eigenvalue weighted by Crippen LogP contribution is -2.81. The van der Waals surface area contributed by atoms with Crippen LogP contribution in [0.1, 0.15) is 20.8 Å². The molecule has 16 heteroatoms. The molecule has 1 unspecified atom stereocenters. The number of hydrogen-bond donors (Lipinski definition) is 0. The first kappa shape index (κ1) is 25.2.